The van der Waals surface area contributed by atoms with Crippen LogP contribution in [0.1, 0.15) is 27.2 Å². The molecule has 0 saturated carbocycles. The zero-order chi connectivity index (χ0) is 8.20. The van der Waals surface area contributed by atoms with Crippen molar-refractivity contribution >= 4 is 0 Å². The highest BCUT2D eigenvalue weighted by Gasteiger charge is 2.23. The van der Waals surface area contributed by atoms with Gasteiger partial charge in [-0.2, -0.15) is 0 Å². The summed E-state index contributed by atoms with van der Waals surface area (Å²) >= 11 is 0. The van der Waals surface area contributed by atoms with E-state index in [9.17, 15) is 0 Å². The Labute approximate surface area is 62.1 Å². The number of nitrogens with two attached hydrogens (primary N) is 1. The summed E-state index contributed by atoms with van der Waals surface area (Å²) in [6.45, 7) is 6.21. The van der Waals surface area contributed by atoms with Crippen LogP contribution < -0.4 is 5.90 Å². The van der Waals surface area contributed by atoms with Gasteiger partial charge >= 0.3 is 0 Å². The Hall–Kier alpha value is -0.120. The SMILES string of the molecule is CC(C)(C)C(CCO)ON. The molecule has 0 saturated heterocycles. The van der Waals surface area contributed by atoms with Crippen LogP contribution in [0.4, 0.5) is 0 Å². The Morgan fingerprint density at radius 3 is 2.10 bits per heavy atom. The van der Waals surface area contributed by atoms with E-state index in [0.29, 0.717) is 6.42 Å². The van der Waals surface area contributed by atoms with Crippen LogP contribution in [0.2, 0.25) is 0 Å². The minimum atomic E-state index is -0.0579. The van der Waals surface area contributed by atoms with Gasteiger partial charge in [0.05, 0.1) is 6.10 Å². The van der Waals surface area contributed by atoms with Crippen LogP contribution in [-0.4, -0.2) is 17.8 Å². The summed E-state index contributed by atoms with van der Waals surface area (Å²) in [6, 6.07) is 0. The summed E-state index contributed by atoms with van der Waals surface area (Å²) in [4.78, 5) is 4.70. The van der Waals surface area contributed by atoms with E-state index in [4.69, 9.17) is 15.8 Å². The van der Waals surface area contributed by atoms with E-state index in [1.165, 1.54) is 0 Å². The van der Waals surface area contributed by atoms with Crippen molar-refractivity contribution in [2.75, 3.05) is 6.61 Å². The zero-order valence-electron chi connectivity index (χ0n) is 6.92. The largest absolute Gasteiger partial charge is 0.396 e. The third kappa shape index (κ3) is 3.15. The van der Waals surface area contributed by atoms with Crippen molar-refractivity contribution in [2.24, 2.45) is 11.3 Å². The van der Waals surface area contributed by atoms with Crippen molar-refractivity contribution < 1.29 is 9.94 Å². The molecule has 1 atom stereocenters. The van der Waals surface area contributed by atoms with Gasteiger partial charge in [0.1, 0.15) is 0 Å². The second kappa shape index (κ2) is 3.91. The summed E-state index contributed by atoms with van der Waals surface area (Å²) in [5, 5.41) is 8.60. The molecule has 0 aromatic heterocycles. The van der Waals surface area contributed by atoms with Gasteiger partial charge < -0.3 is 9.94 Å². The molecule has 3 N–H and O–H groups in total. The Bertz CT molecular complexity index is 88.1. The van der Waals surface area contributed by atoms with Crippen molar-refractivity contribution in [1.82, 2.24) is 0 Å². The lowest BCUT2D eigenvalue weighted by atomic mass is 9.87. The van der Waals surface area contributed by atoms with E-state index >= 15 is 0 Å². The summed E-state index contributed by atoms with van der Waals surface area (Å²) < 4.78 is 0. The van der Waals surface area contributed by atoms with Crippen LogP contribution in [0.15, 0.2) is 0 Å². The minimum absolute atomic E-state index is 0.0114. The summed E-state index contributed by atoms with van der Waals surface area (Å²) in [7, 11) is 0. The molecule has 3 nitrogen and oxygen atoms in total. The third-order valence-electron chi connectivity index (χ3n) is 1.52. The lowest BCUT2D eigenvalue weighted by molar-refractivity contribution is -0.0326. The second-order valence-electron chi connectivity index (χ2n) is 3.50. The zero-order valence-corrected chi connectivity index (χ0v) is 6.92. The van der Waals surface area contributed by atoms with Gasteiger partial charge in [0.2, 0.25) is 0 Å². The molecule has 0 aliphatic heterocycles. The van der Waals surface area contributed by atoms with E-state index in [2.05, 4.69) is 0 Å². The molecule has 0 amide bonds. The van der Waals surface area contributed by atoms with Gasteiger partial charge in [0.15, 0.2) is 0 Å². The first-order chi connectivity index (χ1) is 4.52. The molecule has 0 radical (unpaired) electrons. The molecule has 0 spiro atoms. The fourth-order valence-corrected chi connectivity index (χ4v) is 0.822. The number of hydrogen-bond acceptors (Lipinski definition) is 3. The lowest BCUT2D eigenvalue weighted by Crippen LogP contribution is -2.32. The van der Waals surface area contributed by atoms with Crippen LogP contribution in [-0.2, 0) is 4.84 Å². The van der Waals surface area contributed by atoms with E-state index in [1.807, 2.05) is 20.8 Å². The predicted molar refractivity (Wildman–Crippen MR) is 40.2 cm³/mol. The maximum Gasteiger partial charge on any atom is 0.0857 e. The monoisotopic (exact) mass is 147 g/mol. The highest BCUT2D eigenvalue weighted by atomic mass is 16.6. The molecule has 0 bridgehead atoms. The molecular formula is C7H17NO2. The van der Waals surface area contributed by atoms with E-state index in [0.717, 1.165) is 0 Å². The molecule has 3 heteroatoms. The van der Waals surface area contributed by atoms with Crippen LogP contribution in [0.25, 0.3) is 0 Å². The Kier molecular flexibility index (Phi) is 3.86. The van der Waals surface area contributed by atoms with Gasteiger partial charge in [0.25, 0.3) is 0 Å². The van der Waals surface area contributed by atoms with Crippen molar-refractivity contribution in [3.05, 3.63) is 0 Å². The fourth-order valence-electron chi connectivity index (χ4n) is 0.822. The quantitative estimate of drug-likeness (QED) is 0.577. The second-order valence-corrected chi connectivity index (χ2v) is 3.50. The molecule has 0 aromatic rings. The first kappa shape index (κ1) is 9.88. The number of hydrogen-bond donors (Lipinski definition) is 2. The van der Waals surface area contributed by atoms with Crippen molar-refractivity contribution in [2.45, 2.75) is 33.3 Å². The van der Waals surface area contributed by atoms with Crippen molar-refractivity contribution in [3.8, 4) is 0 Å². The molecule has 0 aliphatic rings. The smallest absolute Gasteiger partial charge is 0.0857 e. The molecule has 0 rings (SSSR count). The average molecular weight is 147 g/mol. The van der Waals surface area contributed by atoms with E-state index in [1.54, 1.807) is 0 Å². The summed E-state index contributed by atoms with van der Waals surface area (Å²) in [5.41, 5.74) is 0.0114. The molecule has 0 aromatic carbocycles. The van der Waals surface area contributed by atoms with Gasteiger partial charge in [-0.3, -0.25) is 0 Å². The molecule has 62 valence electrons. The Balaban J connectivity index is 3.81. The summed E-state index contributed by atoms with van der Waals surface area (Å²) in [6.07, 6.45) is 0.539. The number of rotatable bonds is 3. The third-order valence-corrected chi connectivity index (χ3v) is 1.52. The molecule has 10 heavy (non-hydrogen) atoms. The topological polar surface area (TPSA) is 55.5 Å². The average Bonchev–Trinajstić information content (AvgIpc) is 1.80. The van der Waals surface area contributed by atoms with Gasteiger partial charge in [-0.1, -0.05) is 20.8 Å². The molecule has 1 unspecified atom stereocenters. The Morgan fingerprint density at radius 2 is 2.00 bits per heavy atom. The molecular weight excluding hydrogens is 130 g/mol. The molecule has 0 aliphatic carbocycles. The first-order valence-corrected chi connectivity index (χ1v) is 3.48. The number of aliphatic hydroxyl groups excluding tert-OH is 1. The van der Waals surface area contributed by atoms with E-state index in [-0.39, 0.29) is 18.1 Å². The van der Waals surface area contributed by atoms with Crippen LogP contribution >= 0.6 is 0 Å². The van der Waals surface area contributed by atoms with Gasteiger partial charge in [-0.05, 0) is 11.8 Å². The molecule has 0 fully saturated rings. The van der Waals surface area contributed by atoms with Crippen LogP contribution in [0.5, 0.6) is 0 Å². The van der Waals surface area contributed by atoms with Crippen LogP contribution in [0.3, 0.4) is 0 Å². The van der Waals surface area contributed by atoms with Gasteiger partial charge in [-0.25, -0.2) is 5.90 Å². The Morgan fingerprint density at radius 1 is 1.50 bits per heavy atom. The van der Waals surface area contributed by atoms with Crippen molar-refractivity contribution in [3.63, 3.8) is 0 Å². The van der Waals surface area contributed by atoms with E-state index < -0.39 is 0 Å². The van der Waals surface area contributed by atoms with Gasteiger partial charge in [0, 0.05) is 6.61 Å². The maximum absolute atomic E-state index is 8.60. The predicted octanol–water partition coefficient (Wildman–Crippen LogP) is 0.674. The lowest BCUT2D eigenvalue weighted by Gasteiger charge is -2.27. The number of aliphatic hydroxyl groups is 1. The minimum Gasteiger partial charge on any atom is -0.396 e. The highest BCUT2D eigenvalue weighted by Crippen LogP contribution is 2.22. The summed E-state index contributed by atoms with van der Waals surface area (Å²) in [5.74, 6) is 5.03. The van der Waals surface area contributed by atoms with Gasteiger partial charge in [-0.15, -0.1) is 0 Å². The first-order valence-electron chi connectivity index (χ1n) is 3.48. The van der Waals surface area contributed by atoms with Crippen LogP contribution in [0, 0.1) is 5.41 Å². The fraction of sp³-hybridized carbons (Fsp3) is 1.00. The standard InChI is InChI=1S/C7H17NO2/c1-7(2,3)6(10-8)4-5-9/h6,9H,4-5,8H2,1-3H3. The molecule has 0 heterocycles. The van der Waals surface area contributed by atoms with Crippen molar-refractivity contribution in [1.29, 1.82) is 0 Å². The maximum atomic E-state index is 8.60. The highest BCUT2D eigenvalue weighted by molar-refractivity contribution is 4.73. The normalized spacial score (nSPS) is 15.3.